The van der Waals surface area contributed by atoms with Gasteiger partial charge in [0.2, 0.25) is 10.8 Å². The van der Waals surface area contributed by atoms with E-state index in [1.54, 1.807) is 4.52 Å². The summed E-state index contributed by atoms with van der Waals surface area (Å²) in [6, 6.07) is 8.23. The van der Waals surface area contributed by atoms with Crippen LogP contribution >= 0.6 is 11.3 Å². The van der Waals surface area contributed by atoms with Gasteiger partial charge in [-0.25, -0.2) is 4.98 Å². The second-order valence-electron chi connectivity index (χ2n) is 7.27. The Balaban J connectivity index is 1.74. The molecule has 1 aliphatic rings. The van der Waals surface area contributed by atoms with Crippen LogP contribution in [-0.2, 0) is 0 Å². The molecule has 0 unspecified atom stereocenters. The minimum atomic E-state index is 0.00184. The third-order valence-electron chi connectivity index (χ3n) is 5.24. The van der Waals surface area contributed by atoms with Crippen molar-refractivity contribution in [2.24, 2.45) is 5.92 Å². The smallest absolute Gasteiger partial charge is 0.230 e. The molecule has 0 aliphatic carbocycles. The van der Waals surface area contributed by atoms with Gasteiger partial charge in [0, 0.05) is 0 Å². The van der Waals surface area contributed by atoms with Crippen LogP contribution in [-0.4, -0.2) is 44.3 Å². The maximum atomic E-state index is 10.9. The molecule has 1 aliphatic heterocycles. The number of aromatic hydroxyl groups is 1. The lowest BCUT2D eigenvalue weighted by atomic mass is 9.95. The summed E-state index contributed by atoms with van der Waals surface area (Å²) < 4.78 is 7.15. The van der Waals surface area contributed by atoms with Crippen molar-refractivity contribution in [2.45, 2.75) is 39.7 Å². The third-order valence-corrected chi connectivity index (χ3v) is 6.32. The molecule has 2 aromatic heterocycles. The van der Waals surface area contributed by atoms with Crippen LogP contribution in [0.5, 0.6) is 11.6 Å². The fraction of sp³-hybridized carbons (Fsp3) is 0.500. The van der Waals surface area contributed by atoms with Crippen molar-refractivity contribution in [3.8, 4) is 11.6 Å². The normalized spacial score (nSPS) is 17.4. The minimum absolute atomic E-state index is 0.00184. The predicted octanol–water partition coefficient (Wildman–Crippen LogP) is 4.02. The largest absolute Gasteiger partial charge is 0.494 e. The van der Waals surface area contributed by atoms with Crippen LogP contribution < -0.4 is 4.74 Å². The SMILES string of the molecule is CCOc1ccc([C@H](c2sc3nc(C)nn3c2O)N2CCC(C)CC2)cc1. The number of aromatic nitrogens is 3. The molecule has 7 heteroatoms. The van der Waals surface area contributed by atoms with Crippen LogP contribution in [0.1, 0.15) is 49.0 Å². The molecule has 0 saturated carbocycles. The first-order chi connectivity index (χ1) is 13.1. The number of rotatable bonds is 5. The second-order valence-corrected chi connectivity index (χ2v) is 8.28. The van der Waals surface area contributed by atoms with Gasteiger partial charge in [-0.05, 0) is 63.4 Å². The lowest BCUT2D eigenvalue weighted by Crippen LogP contribution is -2.36. The molecule has 6 nitrogen and oxygen atoms in total. The van der Waals surface area contributed by atoms with Gasteiger partial charge >= 0.3 is 0 Å². The summed E-state index contributed by atoms with van der Waals surface area (Å²) in [4.78, 5) is 8.55. The number of hydrogen-bond acceptors (Lipinski definition) is 6. The number of aryl methyl sites for hydroxylation is 1. The fourth-order valence-electron chi connectivity index (χ4n) is 3.75. The van der Waals surface area contributed by atoms with Crippen LogP contribution in [0.4, 0.5) is 0 Å². The van der Waals surface area contributed by atoms with Gasteiger partial charge in [0.15, 0.2) is 0 Å². The van der Waals surface area contributed by atoms with E-state index in [2.05, 4.69) is 34.0 Å². The van der Waals surface area contributed by atoms with Crippen LogP contribution in [0, 0.1) is 12.8 Å². The van der Waals surface area contributed by atoms with Gasteiger partial charge in [-0.2, -0.15) is 4.52 Å². The summed E-state index contributed by atoms with van der Waals surface area (Å²) in [6.45, 7) is 8.83. The van der Waals surface area contributed by atoms with Crippen molar-refractivity contribution in [3.05, 3.63) is 40.5 Å². The van der Waals surface area contributed by atoms with E-state index in [9.17, 15) is 5.11 Å². The van der Waals surface area contributed by atoms with Crippen molar-refractivity contribution >= 4 is 16.3 Å². The summed E-state index contributed by atoms with van der Waals surface area (Å²) in [7, 11) is 0. The molecule has 0 amide bonds. The van der Waals surface area contributed by atoms with E-state index in [-0.39, 0.29) is 11.9 Å². The molecule has 144 valence electrons. The van der Waals surface area contributed by atoms with Gasteiger partial charge in [0.25, 0.3) is 0 Å². The van der Waals surface area contributed by atoms with E-state index < -0.39 is 0 Å². The Morgan fingerprint density at radius 3 is 2.59 bits per heavy atom. The summed E-state index contributed by atoms with van der Waals surface area (Å²) in [6.07, 6.45) is 2.35. The number of likely N-dealkylation sites (tertiary alicyclic amines) is 1. The van der Waals surface area contributed by atoms with Gasteiger partial charge < -0.3 is 9.84 Å². The fourth-order valence-corrected chi connectivity index (χ4v) is 4.92. The Hall–Kier alpha value is -2.12. The zero-order valence-corrected chi connectivity index (χ0v) is 16.9. The number of benzene rings is 1. The zero-order valence-electron chi connectivity index (χ0n) is 16.1. The minimum Gasteiger partial charge on any atom is -0.494 e. The standard InChI is InChI=1S/C20H26N4O2S/c1-4-26-16-7-5-15(6-8-16)17(23-11-9-13(2)10-12-23)18-19(25)24-20(27-18)21-14(3)22-24/h5-8,13,17,25H,4,9-12H2,1-3H3/t17-/m1/s1. The van der Waals surface area contributed by atoms with Crippen LogP contribution in [0.3, 0.4) is 0 Å². The van der Waals surface area contributed by atoms with Crippen LogP contribution in [0.25, 0.3) is 4.96 Å². The highest BCUT2D eigenvalue weighted by atomic mass is 32.1. The second kappa shape index (κ2) is 7.48. The van der Waals surface area contributed by atoms with Gasteiger partial charge in [0.1, 0.15) is 11.6 Å². The van der Waals surface area contributed by atoms with Gasteiger partial charge in [0.05, 0.1) is 17.5 Å². The molecule has 27 heavy (non-hydrogen) atoms. The topological polar surface area (TPSA) is 62.9 Å². The zero-order chi connectivity index (χ0) is 19.0. The average molecular weight is 387 g/mol. The monoisotopic (exact) mass is 386 g/mol. The molecule has 3 aromatic rings. The molecule has 1 aromatic carbocycles. The lowest BCUT2D eigenvalue weighted by Gasteiger charge is -2.36. The van der Waals surface area contributed by atoms with Crippen molar-refractivity contribution < 1.29 is 9.84 Å². The summed E-state index contributed by atoms with van der Waals surface area (Å²) in [5.41, 5.74) is 1.16. The lowest BCUT2D eigenvalue weighted by molar-refractivity contribution is 0.157. The summed E-state index contributed by atoms with van der Waals surface area (Å²) >= 11 is 1.52. The van der Waals surface area contributed by atoms with Gasteiger partial charge in [-0.1, -0.05) is 30.4 Å². The first-order valence-electron chi connectivity index (χ1n) is 9.58. The molecule has 1 N–H and O–H groups in total. The van der Waals surface area contributed by atoms with Crippen molar-refractivity contribution in [1.29, 1.82) is 0 Å². The molecular formula is C20H26N4O2S. The van der Waals surface area contributed by atoms with Gasteiger partial charge in [-0.15, -0.1) is 5.10 Å². The van der Waals surface area contributed by atoms with E-state index in [0.29, 0.717) is 12.4 Å². The number of thiazole rings is 1. The van der Waals surface area contributed by atoms with E-state index in [0.717, 1.165) is 40.2 Å². The Bertz CT molecular complexity index is 910. The van der Waals surface area contributed by atoms with Crippen LogP contribution in [0.2, 0.25) is 0 Å². The van der Waals surface area contributed by atoms with Gasteiger partial charge in [-0.3, -0.25) is 4.90 Å². The van der Waals surface area contributed by atoms with Crippen LogP contribution in [0.15, 0.2) is 24.3 Å². The molecule has 0 bridgehead atoms. The van der Waals surface area contributed by atoms with Crippen molar-refractivity contribution in [2.75, 3.05) is 19.7 Å². The molecule has 1 saturated heterocycles. The Labute approximate surface area is 163 Å². The highest BCUT2D eigenvalue weighted by Crippen LogP contribution is 2.41. The number of piperidine rings is 1. The maximum absolute atomic E-state index is 10.9. The molecule has 1 fully saturated rings. The molecule has 0 spiro atoms. The van der Waals surface area contributed by atoms with E-state index in [4.69, 9.17) is 4.74 Å². The quantitative estimate of drug-likeness (QED) is 0.717. The first-order valence-corrected chi connectivity index (χ1v) is 10.4. The van der Waals surface area contributed by atoms with Crippen molar-refractivity contribution in [1.82, 2.24) is 19.5 Å². The Kier molecular flexibility index (Phi) is 5.06. The number of fused-ring (bicyclic) bond motifs is 1. The molecule has 3 heterocycles. The number of nitrogens with zero attached hydrogens (tertiary/aromatic N) is 4. The predicted molar refractivity (Wildman–Crippen MR) is 107 cm³/mol. The maximum Gasteiger partial charge on any atom is 0.230 e. The highest BCUT2D eigenvalue weighted by Gasteiger charge is 2.31. The number of ether oxygens (including phenoxy) is 1. The van der Waals surface area contributed by atoms with E-state index in [1.807, 2.05) is 26.0 Å². The highest BCUT2D eigenvalue weighted by molar-refractivity contribution is 7.17. The molecule has 0 radical (unpaired) electrons. The van der Waals surface area contributed by atoms with E-state index >= 15 is 0 Å². The molecule has 1 atom stereocenters. The Morgan fingerprint density at radius 1 is 1.26 bits per heavy atom. The van der Waals surface area contributed by atoms with Crippen molar-refractivity contribution in [3.63, 3.8) is 0 Å². The van der Waals surface area contributed by atoms with E-state index in [1.165, 1.54) is 24.2 Å². The third kappa shape index (κ3) is 3.53. The summed E-state index contributed by atoms with van der Waals surface area (Å²) in [5, 5.41) is 15.2. The average Bonchev–Trinajstić information content (AvgIpc) is 3.16. The number of hydrogen-bond donors (Lipinski definition) is 1. The molecular weight excluding hydrogens is 360 g/mol. The first kappa shape index (κ1) is 18.3. The molecule has 4 rings (SSSR count). The summed E-state index contributed by atoms with van der Waals surface area (Å²) in [5.74, 6) is 2.50. The Morgan fingerprint density at radius 2 is 1.96 bits per heavy atom.